The normalized spacial score (nSPS) is 11.3. The van der Waals surface area contributed by atoms with Gasteiger partial charge in [-0.05, 0) is 18.1 Å². The van der Waals surface area contributed by atoms with Gasteiger partial charge in [-0.1, -0.05) is 26.0 Å². The van der Waals surface area contributed by atoms with Gasteiger partial charge in [-0.3, -0.25) is 9.59 Å². The van der Waals surface area contributed by atoms with Crippen molar-refractivity contribution in [2.45, 2.75) is 26.4 Å². The van der Waals surface area contributed by atoms with Crippen molar-refractivity contribution in [2.24, 2.45) is 5.92 Å². The van der Waals surface area contributed by atoms with Gasteiger partial charge in [-0.15, -0.1) is 0 Å². The molecule has 7 heteroatoms. The van der Waals surface area contributed by atoms with E-state index < -0.39 is 30.0 Å². The number of hydrogen-bond donors (Lipinski definition) is 2. The SMILES string of the molecule is CC(C)CNC(=O)CC(=O)Nc1ccccc1C(F)(F)F. The van der Waals surface area contributed by atoms with Crippen LogP contribution in [0.5, 0.6) is 0 Å². The Kier molecular flexibility index (Phi) is 5.75. The second-order valence-electron chi connectivity index (χ2n) is 4.97. The van der Waals surface area contributed by atoms with Crippen LogP contribution in [0.2, 0.25) is 0 Å². The molecule has 0 radical (unpaired) electrons. The van der Waals surface area contributed by atoms with E-state index in [-0.39, 0.29) is 11.6 Å². The van der Waals surface area contributed by atoms with E-state index in [0.29, 0.717) is 6.54 Å². The van der Waals surface area contributed by atoms with Crippen LogP contribution in [0.4, 0.5) is 18.9 Å². The third-order valence-corrected chi connectivity index (χ3v) is 2.54. The molecule has 0 fully saturated rings. The Morgan fingerprint density at radius 2 is 1.76 bits per heavy atom. The van der Waals surface area contributed by atoms with Gasteiger partial charge in [0.1, 0.15) is 6.42 Å². The maximum Gasteiger partial charge on any atom is 0.418 e. The minimum atomic E-state index is -4.57. The zero-order valence-corrected chi connectivity index (χ0v) is 11.8. The fourth-order valence-corrected chi connectivity index (χ4v) is 1.56. The molecule has 1 aromatic rings. The van der Waals surface area contributed by atoms with Crippen LogP contribution in [0.15, 0.2) is 24.3 Å². The molecule has 0 aromatic heterocycles. The summed E-state index contributed by atoms with van der Waals surface area (Å²) >= 11 is 0. The average Bonchev–Trinajstić information content (AvgIpc) is 2.35. The van der Waals surface area contributed by atoms with Gasteiger partial charge in [0.2, 0.25) is 11.8 Å². The van der Waals surface area contributed by atoms with Gasteiger partial charge in [0.25, 0.3) is 0 Å². The highest BCUT2D eigenvalue weighted by Crippen LogP contribution is 2.34. The van der Waals surface area contributed by atoms with Crippen molar-refractivity contribution in [3.8, 4) is 0 Å². The Morgan fingerprint density at radius 1 is 1.14 bits per heavy atom. The predicted molar refractivity (Wildman–Crippen MR) is 72.5 cm³/mol. The zero-order chi connectivity index (χ0) is 16.0. The summed E-state index contributed by atoms with van der Waals surface area (Å²) in [4.78, 5) is 23.0. The Labute approximate surface area is 120 Å². The molecule has 1 rings (SSSR count). The van der Waals surface area contributed by atoms with Crippen molar-refractivity contribution >= 4 is 17.5 Å². The standard InChI is InChI=1S/C14H17F3N2O2/c1-9(2)8-18-12(20)7-13(21)19-11-6-4-3-5-10(11)14(15,16)17/h3-6,9H,7-8H2,1-2H3,(H,18,20)(H,19,21). The fraction of sp³-hybridized carbons (Fsp3) is 0.429. The number of carbonyl (C=O) groups excluding carboxylic acids is 2. The van der Waals surface area contributed by atoms with Crippen molar-refractivity contribution in [1.29, 1.82) is 0 Å². The second kappa shape index (κ2) is 7.10. The molecule has 0 heterocycles. The molecule has 0 saturated carbocycles. The van der Waals surface area contributed by atoms with Crippen LogP contribution in [0.25, 0.3) is 0 Å². The lowest BCUT2D eigenvalue weighted by Gasteiger charge is -2.13. The molecule has 0 aliphatic rings. The van der Waals surface area contributed by atoms with E-state index in [1.54, 1.807) is 0 Å². The molecule has 4 nitrogen and oxygen atoms in total. The molecule has 0 aliphatic carbocycles. The van der Waals surface area contributed by atoms with Gasteiger partial charge in [-0.2, -0.15) is 13.2 Å². The lowest BCUT2D eigenvalue weighted by Crippen LogP contribution is -2.31. The minimum Gasteiger partial charge on any atom is -0.355 e. The average molecular weight is 302 g/mol. The predicted octanol–water partition coefficient (Wildman–Crippen LogP) is 2.81. The number of rotatable bonds is 5. The Bertz CT molecular complexity index is 513. The summed E-state index contributed by atoms with van der Waals surface area (Å²) in [5.41, 5.74) is -1.30. The molecule has 1 aromatic carbocycles. The highest BCUT2D eigenvalue weighted by atomic mass is 19.4. The molecule has 2 N–H and O–H groups in total. The number of halogens is 3. The van der Waals surface area contributed by atoms with E-state index in [9.17, 15) is 22.8 Å². The van der Waals surface area contributed by atoms with Crippen molar-refractivity contribution in [3.63, 3.8) is 0 Å². The highest BCUT2D eigenvalue weighted by molar-refractivity contribution is 6.03. The maximum atomic E-state index is 12.7. The summed E-state index contributed by atoms with van der Waals surface area (Å²) in [5, 5.41) is 4.64. The van der Waals surface area contributed by atoms with Crippen molar-refractivity contribution in [1.82, 2.24) is 5.32 Å². The molecule has 0 unspecified atom stereocenters. The van der Waals surface area contributed by atoms with E-state index in [2.05, 4.69) is 10.6 Å². The van der Waals surface area contributed by atoms with E-state index in [0.717, 1.165) is 12.1 Å². The molecule has 0 bridgehead atoms. The molecular weight excluding hydrogens is 285 g/mol. The summed E-state index contributed by atoms with van der Waals surface area (Å²) in [6.07, 6.45) is -5.08. The number of amides is 2. The van der Waals surface area contributed by atoms with Crippen LogP contribution in [-0.4, -0.2) is 18.4 Å². The zero-order valence-electron chi connectivity index (χ0n) is 11.8. The molecule has 21 heavy (non-hydrogen) atoms. The third kappa shape index (κ3) is 5.85. The van der Waals surface area contributed by atoms with E-state index in [1.165, 1.54) is 12.1 Å². The van der Waals surface area contributed by atoms with Crippen LogP contribution in [-0.2, 0) is 15.8 Å². The number of para-hydroxylation sites is 1. The Morgan fingerprint density at radius 3 is 2.33 bits per heavy atom. The van der Waals surface area contributed by atoms with Gasteiger partial charge in [0.15, 0.2) is 0 Å². The third-order valence-electron chi connectivity index (χ3n) is 2.54. The summed E-state index contributed by atoms with van der Waals surface area (Å²) < 4.78 is 38.2. The molecule has 0 atom stereocenters. The van der Waals surface area contributed by atoms with Crippen molar-refractivity contribution in [2.75, 3.05) is 11.9 Å². The maximum absolute atomic E-state index is 12.7. The number of benzene rings is 1. The number of anilines is 1. The molecular formula is C14H17F3N2O2. The Hall–Kier alpha value is -2.05. The van der Waals surface area contributed by atoms with E-state index in [1.807, 2.05) is 13.8 Å². The van der Waals surface area contributed by atoms with Crippen LogP contribution in [0.3, 0.4) is 0 Å². The number of carbonyl (C=O) groups is 2. The Balaban J connectivity index is 2.66. The van der Waals surface area contributed by atoms with Crippen LogP contribution in [0, 0.1) is 5.92 Å². The molecule has 2 amide bonds. The molecule has 116 valence electrons. The smallest absolute Gasteiger partial charge is 0.355 e. The summed E-state index contributed by atoms with van der Waals surface area (Å²) in [6, 6.07) is 4.62. The molecule has 0 aliphatic heterocycles. The lowest BCUT2D eigenvalue weighted by molar-refractivity contribution is -0.137. The molecule has 0 spiro atoms. The summed E-state index contributed by atoms with van der Waals surface area (Å²) in [6.45, 7) is 4.19. The second-order valence-corrected chi connectivity index (χ2v) is 4.97. The van der Waals surface area contributed by atoms with Crippen LogP contribution >= 0.6 is 0 Å². The van der Waals surface area contributed by atoms with Crippen molar-refractivity contribution < 1.29 is 22.8 Å². The molecule has 0 saturated heterocycles. The lowest BCUT2D eigenvalue weighted by atomic mass is 10.1. The van der Waals surface area contributed by atoms with E-state index >= 15 is 0 Å². The summed E-state index contributed by atoms with van der Waals surface area (Å²) in [5.74, 6) is -1.08. The minimum absolute atomic E-state index is 0.225. The quantitative estimate of drug-likeness (QED) is 0.822. The first-order valence-electron chi connectivity index (χ1n) is 6.43. The summed E-state index contributed by atoms with van der Waals surface area (Å²) in [7, 11) is 0. The van der Waals surface area contributed by atoms with Gasteiger partial charge in [0.05, 0.1) is 11.3 Å². The van der Waals surface area contributed by atoms with E-state index in [4.69, 9.17) is 0 Å². The first-order valence-corrected chi connectivity index (χ1v) is 6.43. The van der Waals surface area contributed by atoms with Gasteiger partial charge >= 0.3 is 6.18 Å². The largest absolute Gasteiger partial charge is 0.418 e. The van der Waals surface area contributed by atoms with Gasteiger partial charge in [-0.25, -0.2) is 0 Å². The first kappa shape index (κ1) is 17.0. The van der Waals surface area contributed by atoms with Gasteiger partial charge < -0.3 is 10.6 Å². The monoisotopic (exact) mass is 302 g/mol. The van der Waals surface area contributed by atoms with Crippen LogP contribution in [0.1, 0.15) is 25.8 Å². The fourth-order valence-electron chi connectivity index (χ4n) is 1.56. The number of alkyl halides is 3. The van der Waals surface area contributed by atoms with Gasteiger partial charge in [0, 0.05) is 6.54 Å². The topological polar surface area (TPSA) is 58.2 Å². The number of nitrogens with one attached hydrogen (secondary N) is 2. The van der Waals surface area contributed by atoms with Crippen LogP contribution < -0.4 is 10.6 Å². The highest BCUT2D eigenvalue weighted by Gasteiger charge is 2.33. The first-order chi connectivity index (χ1) is 9.70. The number of hydrogen-bond acceptors (Lipinski definition) is 2. The van der Waals surface area contributed by atoms with Crippen molar-refractivity contribution in [3.05, 3.63) is 29.8 Å².